The summed E-state index contributed by atoms with van der Waals surface area (Å²) in [6.45, 7) is 2.80. The smallest absolute Gasteiger partial charge is 0.254 e. The highest BCUT2D eigenvalue weighted by molar-refractivity contribution is 5.94. The van der Waals surface area contributed by atoms with Gasteiger partial charge in [0.2, 0.25) is 0 Å². The molecule has 0 bridgehead atoms. The van der Waals surface area contributed by atoms with Gasteiger partial charge in [-0.3, -0.25) is 4.79 Å². The second kappa shape index (κ2) is 7.38. The second-order valence-electron chi connectivity index (χ2n) is 6.16. The van der Waals surface area contributed by atoms with Crippen molar-refractivity contribution < 1.29 is 9.53 Å². The molecule has 1 aromatic carbocycles. The second-order valence-corrected chi connectivity index (χ2v) is 6.16. The molecule has 0 spiro atoms. The van der Waals surface area contributed by atoms with E-state index in [0.29, 0.717) is 24.4 Å². The van der Waals surface area contributed by atoms with Gasteiger partial charge < -0.3 is 19.4 Å². The Balaban J connectivity index is 1.62. The molecule has 0 N–H and O–H groups in total. The summed E-state index contributed by atoms with van der Waals surface area (Å²) in [5.41, 5.74) is 0.655. The maximum atomic E-state index is 12.6. The summed E-state index contributed by atoms with van der Waals surface area (Å²) in [5, 5.41) is 8.50. The number of carbonyl (C=O) groups excluding carboxylic acids is 1. The van der Waals surface area contributed by atoms with Crippen molar-refractivity contribution in [3.8, 4) is 5.75 Å². The number of hydrogen-bond donors (Lipinski definition) is 0. The van der Waals surface area contributed by atoms with E-state index in [2.05, 4.69) is 15.1 Å². The van der Waals surface area contributed by atoms with Crippen LogP contribution in [0.4, 0.5) is 11.6 Å². The highest BCUT2D eigenvalue weighted by Gasteiger charge is 2.23. The number of ether oxygens (including phenoxy) is 1. The Labute approximate surface area is 147 Å². The van der Waals surface area contributed by atoms with Gasteiger partial charge in [-0.1, -0.05) is 6.07 Å². The standard InChI is InChI=1S/C18H23N5O2/c1-21(2)16-7-8-17(20-19-16)22-9-11-23(12-10-22)18(24)14-5-4-6-15(13-14)25-3/h4-8,13H,9-12H2,1-3H3. The van der Waals surface area contributed by atoms with Crippen LogP contribution in [0.25, 0.3) is 0 Å². The summed E-state index contributed by atoms with van der Waals surface area (Å²) < 4.78 is 5.20. The highest BCUT2D eigenvalue weighted by Crippen LogP contribution is 2.18. The van der Waals surface area contributed by atoms with Crippen molar-refractivity contribution >= 4 is 17.5 Å². The van der Waals surface area contributed by atoms with E-state index in [1.54, 1.807) is 13.2 Å². The van der Waals surface area contributed by atoms with Gasteiger partial charge in [-0.25, -0.2) is 0 Å². The van der Waals surface area contributed by atoms with Crippen molar-refractivity contribution in [3.05, 3.63) is 42.0 Å². The van der Waals surface area contributed by atoms with E-state index in [1.165, 1.54) is 0 Å². The molecule has 1 fully saturated rings. The third-order valence-electron chi connectivity index (χ3n) is 4.30. The zero-order chi connectivity index (χ0) is 17.8. The number of carbonyl (C=O) groups is 1. The van der Waals surface area contributed by atoms with Crippen LogP contribution < -0.4 is 14.5 Å². The fourth-order valence-corrected chi connectivity index (χ4v) is 2.80. The van der Waals surface area contributed by atoms with Gasteiger partial charge in [0.05, 0.1) is 7.11 Å². The van der Waals surface area contributed by atoms with Crippen LogP contribution in [0.3, 0.4) is 0 Å². The molecule has 1 aliphatic rings. The molecule has 3 rings (SSSR count). The quantitative estimate of drug-likeness (QED) is 0.840. The molecule has 0 atom stereocenters. The van der Waals surface area contributed by atoms with E-state index in [4.69, 9.17) is 4.74 Å². The molecule has 0 radical (unpaired) electrons. The van der Waals surface area contributed by atoms with Gasteiger partial charge in [-0.15, -0.1) is 10.2 Å². The summed E-state index contributed by atoms with van der Waals surface area (Å²) in [4.78, 5) is 18.6. The number of anilines is 2. The van der Waals surface area contributed by atoms with Crippen molar-refractivity contribution in [2.45, 2.75) is 0 Å². The molecule has 0 saturated carbocycles. The van der Waals surface area contributed by atoms with E-state index in [-0.39, 0.29) is 5.91 Å². The van der Waals surface area contributed by atoms with Crippen molar-refractivity contribution in [2.75, 3.05) is 57.2 Å². The third kappa shape index (κ3) is 3.81. The summed E-state index contributed by atoms with van der Waals surface area (Å²) in [6, 6.07) is 11.2. The topological polar surface area (TPSA) is 61.8 Å². The number of piperazine rings is 1. The van der Waals surface area contributed by atoms with Crippen LogP contribution in [0, 0.1) is 0 Å². The van der Waals surface area contributed by atoms with E-state index in [9.17, 15) is 4.79 Å². The average molecular weight is 341 g/mol. The van der Waals surface area contributed by atoms with Crippen LogP contribution >= 0.6 is 0 Å². The van der Waals surface area contributed by atoms with Gasteiger partial charge >= 0.3 is 0 Å². The largest absolute Gasteiger partial charge is 0.497 e. The van der Waals surface area contributed by atoms with Crippen LogP contribution in [-0.4, -0.2) is 68.4 Å². The van der Waals surface area contributed by atoms with E-state index in [0.717, 1.165) is 24.7 Å². The first-order valence-corrected chi connectivity index (χ1v) is 8.28. The molecular formula is C18H23N5O2. The first-order chi connectivity index (χ1) is 12.1. The lowest BCUT2D eigenvalue weighted by Gasteiger charge is -2.35. The lowest BCUT2D eigenvalue weighted by Crippen LogP contribution is -2.49. The van der Waals surface area contributed by atoms with Gasteiger partial charge in [0, 0.05) is 45.8 Å². The molecule has 25 heavy (non-hydrogen) atoms. The van der Waals surface area contributed by atoms with Crippen molar-refractivity contribution in [2.24, 2.45) is 0 Å². The SMILES string of the molecule is COc1cccc(C(=O)N2CCN(c3ccc(N(C)C)nn3)CC2)c1. The van der Waals surface area contributed by atoms with Crippen LogP contribution in [-0.2, 0) is 0 Å². The molecule has 7 heteroatoms. The lowest BCUT2D eigenvalue weighted by molar-refractivity contribution is 0.0746. The molecule has 1 saturated heterocycles. The number of amides is 1. The fourth-order valence-electron chi connectivity index (χ4n) is 2.80. The molecule has 2 aromatic rings. The minimum atomic E-state index is 0.0348. The Morgan fingerprint density at radius 2 is 1.84 bits per heavy atom. The van der Waals surface area contributed by atoms with Crippen LogP contribution in [0.2, 0.25) is 0 Å². The molecule has 0 unspecified atom stereocenters. The number of aromatic nitrogens is 2. The Kier molecular flexibility index (Phi) is 5.02. The Hall–Kier alpha value is -2.83. The molecule has 2 heterocycles. The zero-order valence-corrected chi connectivity index (χ0v) is 14.8. The van der Waals surface area contributed by atoms with Gasteiger partial charge in [0.1, 0.15) is 5.75 Å². The van der Waals surface area contributed by atoms with Crippen molar-refractivity contribution in [3.63, 3.8) is 0 Å². The summed E-state index contributed by atoms with van der Waals surface area (Å²) in [5.74, 6) is 2.41. The number of benzene rings is 1. The Bertz CT molecular complexity index is 725. The van der Waals surface area contributed by atoms with Gasteiger partial charge in [-0.2, -0.15) is 0 Å². The highest BCUT2D eigenvalue weighted by atomic mass is 16.5. The van der Waals surface area contributed by atoms with Crippen LogP contribution in [0.1, 0.15) is 10.4 Å². The van der Waals surface area contributed by atoms with Gasteiger partial charge in [0.15, 0.2) is 11.6 Å². The summed E-state index contributed by atoms with van der Waals surface area (Å²) >= 11 is 0. The predicted octanol–water partition coefficient (Wildman–Crippen LogP) is 1.51. The first-order valence-electron chi connectivity index (χ1n) is 8.28. The predicted molar refractivity (Wildman–Crippen MR) is 97.5 cm³/mol. The molecule has 1 aliphatic heterocycles. The molecule has 1 aromatic heterocycles. The first kappa shape index (κ1) is 17.0. The third-order valence-corrected chi connectivity index (χ3v) is 4.30. The number of rotatable bonds is 4. The number of methoxy groups -OCH3 is 1. The van der Waals surface area contributed by atoms with Gasteiger partial charge in [-0.05, 0) is 30.3 Å². The van der Waals surface area contributed by atoms with Crippen LogP contribution in [0.5, 0.6) is 5.75 Å². The van der Waals surface area contributed by atoms with E-state index >= 15 is 0 Å². The normalized spacial score (nSPS) is 14.4. The van der Waals surface area contributed by atoms with Crippen molar-refractivity contribution in [1.29, 1.82) is 0 Å². The van der Waals surface area contributed by atoms with Crippen molar-refractivity contribution in [1.82, 2.24) is 15.1 Å². The van der Waals surface area contributed by atoms with E-state index in [1.807, 2.05) is 54.2 Å². The minimum absolute atomic E-state index is 0.0348. The summed E-state index contributed by atoms with van der Waals surface area (Å²) in [6.07, 6.45) is 0. The average Bonchev–Trinajstić information content (AvgIpc) is 2.67. The van der Waals surface area contributed by atoms with Gasteiger partial charge in [0.25, 0.3) is 5.91 Å². The molecular weight excluding hydrogens is 318 g/mol. The summed E-state index contributed by atoms with van der Waals surface area (Å²) in [7, 11) is 5.48. The Morgan fingerprint density at radius 1 is 1.08 bits per heavy atom. The number of hydrogen-bond acceptors (Lipinski definition) is 6. The lowest BCUT2D eigenvalue weighted by atomic mass is 10.1. The Morgan fingerprint density at radius 3 is 2.44 bits per heavy atom. The monoisotopic (exact) mass is 341 g/mol. The minimum Gasteiger partial charge on any atom is -0.497 e. The van der Waals surface area contributed by atoms with E-state index < -0.39 is 0 Å². The molecule has 0 aliphatic carbocycles. The fraction of sp³-hybridized carbons (Fsp3) is 0.389. The maximum absolute atomic E-state index is 12.6. The maximum Gasteiger partial charge on any atom is 0.254 e. The molecule has 132 valence electrons. The molecule has 7 nitrogen and oxygen atoms in total. The zero-order valence-electron chi connectivity index (χ0n) is 14.8. The van der Waals surface area contributed by atoms with Crippen LogP contribution in [0.15, 0.2) is 36.4 Å². The molecule has 1 amide bonds. The number of nitrogens with zero attached hydrogens (tertiary/aromatic N) is 5.